The summed E-state index contributed by atoms with van der Waals surface area (Å²) in [6, 6.07) is 0. The van der Waals surface area contributed by atoms with Crippen LogP contribution in [0.2, 0.25) is 0 Å². The number of hydrogen-bond acceptors (Lipinski definition) is 4. The third-order valence-electron chi connectivity index (χ3n) is 2.46. The van der Waals surface area contributed by atoms with Gasteiger partial charge >= 0.3 is 0 Å². The maximum atomic E-state index is 12.1. The molecule has 1 rings (SSSR count). The van der Waals surface area contributed by atoms with Crippen LogP contribution in [0.4, 0.5) is 0 Å². The first kappa shape index (κ1) is 12.4. The van der Waals surface area contributed by atoms with Crippen LogP contribution >= 0.6 is 0 Å². The summed E-state index contributed by atoms with van der Waals surface area (Å²) in [7, 11) is -3.39. The van der Waals surface area contributed by atoms with Gasteiger partial charge in [-0.3, -0.25) is 0 Å². The number of sulfonamides is 1. The molecule has 15 heavy (non-hydrogen) atoms. The Morgan fingerprint density at radius 2 is 2.00 bits per heavy atom. The summed E-state index contributed by atoms with van der Waals surface area (Å²) >= 11 is 0. The predicted molar refractivity (Wildman–Crippen MR) is 56.5 cm³/mol. The fraction of sp³-hybridized carbons (Fsp3) is 0.889. The Morgan fingerprint density at radius 1 is 1.40 bits per heavy atom. The molecule has 1 heterocycles. The van der Waals surface area contributed by atoms with Gasteiger partial charge in [0.15, 0.2) is 0 Å². The predicted octanol–water partition coefficient (Wildman–Crippen LogP) is 0.872. The van der Waals surface area contributed by atoms with E-state index in [0.29, 0.717) is 13.0 Å². The number of aliphatic imine (C=N–C) groups is 1. The van der Waals surface area contributed by atoms with E-state index < -0.39 is 20.9 Å². The highest BCUT2D eigenvalue weighted by Gasteiger charge is 2.41. The quantitative estimate of drug-likeness (QED) is 0.524. The van der Waals surface area contributed by atoms with Crippen molar-refractivity contribution in [2.75, 3.05) is 6.54 Å². The summed E-state index contributed by atoms with van der Waals surface area (Å²) in [5, 5.41) is 0. The van der Waals surface area contributed by atoms with E-state index >= 15 is 0 Å². The molecule has 0 amide bonds. The van der Waals surface area contributed by atoms with Crippen LogP contribution in [-0.2, 0) is 14.8 Å². The van der Waals surface area contributed by atoms with Crippen LogP contribution in [0.15, 0.2) is 4.99 Å². The Labute approximate surface area is 90.2 Å². The molecule has 86 valence electrons. The van der Waals surface area contributed by atoms with Gasteiger partial charge in [-0.15, -0.1) is 0 Å². The Hall–Kier alpha value is -0.710. The standard InChI is InChI=1S/C9H16N2O3S/c1-9(2,3)15(13,14)11-6-4-5-8(11)10-7-12/h8H,4-6H2,1-3H3. The maximum Gasteiger partial charge on any atom is 0.236 e. The van der Waals surface area contributed by atoms with Crippen molar-refractivity contribution in [1.29, 1.82) is 0 Å². The van der Waals surface area contributed by atoms with Crippen molar-refractivity contribution in [3.8, 4) is 0 Å². The first-order valence-electron chi connectivity index (χ1n) is 4.89. The highest BCUT2D eigenvalue weighted by molar-refractivity contribution is 7.90. The molecule has 0 N–H and O–H groups in total. The number of hydrogen-bond donors (Lipinski definition) is 0. The van der Waals surface area contributed by atoms with Crippen LogP contribution in [0.1, 0.15) is 33.6 Å². The molecule has 1 aliphatic rings. The lowest BCUT2D eigenvalue weighted by atomic mass is 10.3. The van der Waals surface area contributed by atoms with Crippen molar-refractivity contribution in [2.45, 2.75) is 44.5 Å². The summed E-state index contributed by atoms with van der Waals surface area (Å²) in [5.74, 6) is 0. The van der Waals surface area contributed by atoms with Gasteiger partial charge in [-0.2, -0.15) is 9.30 Å². The minimum Gasteiger partial charge on any atom is -0.212 e. The van der Waals surface area contributed by atoms with Crippen molar-refractivity contribution in [1.82, 2.24) is 4.31 Å². The van der Waals surface area contributed by atoms with Crippen LogP contribution in [-0.4, -0.2) is 36.3 Å². The lowest BCUT2D eigenvalue weighted by Gasteiger charge is -2.28. The van der Waals surface area contributed by atoms with E-state index in [4.69, 9.17) is 0 Å². The molecule has 0 radical (unpaired) electrons. The molecular weight excluding hydrogens is 216 g/mol. The smallest absolute Gasteiger partial charge is 0.212 e. The van der Waals surface area contributed by atoms with E-state index in [1.165, 1.54) is 10.4 Å². The Bertz CT molecular complexity index is 377. The highest BCUT2D eigenvalue weighted by atomic mass is 32.2. The zero-order chi connectivity index (χ0) is 11.7. The molecule has 0 aromatic carbocycles. The third-order valence-corrected chi connectivity index (χ3v) is 5.05. The summed E-state index contributed by atoms with van der Waals surface area (Å²) in [6.07, 6.45) is 2.23. The van der Waals surface area contributed by atoms with E-state index in [1.54, 1.807) is 20.8 Å². The second kappa shape index (κ2) is 4.04. The van der Waals surface area contributed by atoms with Gasteiger partial charge in [0.25, 0.3) is 0 Å². The maximum absolute atomic E-state index is 12.1. The van der Waals surface area contributed by atoms with Crippen molar-refractivity contribution in [2.24, 2.45) is 4.99 Å². The van der Waals surface area contributed by atoms with Gasteiger partial charge in [-0.1, -0.05) is 0 Å². The van der Waals surface area contributed by atoms with Gasteiger partial charge in [0, 0.05) is 6.54 Å². The molecule has 1 unspecified atom stereocenters. The normalized spacial score (nSPS) is 23.8. The fourth-order valence-corrected chi connectivity index (χ4v) is 3.09. The summed E-state index contributed by atoms with van der Waals surface area (Å²) in [6.45, 7) is 5.36. The average molecular weight is 232 g/mol. The minimum absolute atomic E-state index is 0.440. The molecular formula is C9H16N2O3S. The molecule has 0 aliphatic carbocycles. The monoisotopic (exact) mass is 232 g/mol. The number of rotatable bonds is 2. The first-order chi connectivity index (χ1) is 6.80. The highest BCUT2D eigenvalue weighted by Crippen LogP contribution is 2.28. The Morgan fingerprint density at radius 3 is 2.47 bits per heavy atom. The van der Waals surface area contributed by atoms with Gasteiger partial charge in [-0.25, -0.2) is 13.2 Å². The molecule has 1 saturated heterocycles. The molecule has 0 saturated carbocycles. The number of carbonyl (C=O) groups excluding carboxylic acids is 1. The van der Waals surface area contributed by atoms with Crippen LogP contribution < -0.4 is 0 Å². The van der Waals surface area contributed by atoms with Gasteiger partial charge in [-0.05, 0) is 33.6 Å². The summed E-state index contributed by atoms with van der Waals surface area (Å²) in [5.41, 5.74) is 0. The lowest BCUT2D eigenvalue weighted by molar-refractivity contribution is 0.380. The van der Waals surface area contributed by atoms with Gasteiger partial charge in [0.1, 0.15) is 6.17 Å². The fourth-order valence-electron chi connectivity index (χ4n) is 1.54. The minimum atomic E-state index is -3.39. The van der Waals surface area contributed by atoms with Crippen molar-refractivity contribution in [3.05, 3.63) is 0 Å². The second-order valence-corrected chi connectivity index (χ2v) is 7.22. The molecule has 0 spiro atoms. The van der Waals surface area contributed by atoms with Crippen molar-refractivity contribution < 1.29 is 13.2 Å². The molecule has 5 nitrogen and oxygen atoms in total. The van der Waals surface area contributed by atoms with Gasteiger partial charge in [0.2, 0.25) is 16.1 Å². The SMILES string of the molecule is CC(C)(C)S(=O)(=O)N1CCCC1N=C=O. The largest absolute Gasteiger partial charge is 0.236 e. The zero-order valence-corrected chi connectivity index (χ0v) is 10.0. The summed E-state index contributed by atoms with van der Waals surface area (Å²) in [4.78, 5) is 13.7. The molecule has 1 aliphatic heterocycles. The first-order valence-corrected chi connectivity index (χ1v) is 6.33. The topological polar surface area (TPSA) is 66.8 Å². The average Bonchev–Trinajstić information content (AvgIpc) is 2.51. The van der Waals surface area contributed by atoms with E-state index in [9.17, 15) is 13.2 Å². The van der Waals surface area contributed by atoms with E-state index in [-0.39, 0.29) is 0 Å². The molecule has 1 atom stereocenters. The van der Waals surface area contributed by atoms with Crippen LogP contribution in [0.5, 0.6) is 0 Å². The van der Waals surface area contributed by atoms with E-state index in [0.717, 1.165) is 6.42 Å². The molecule has 0 aromatic heterocycles. The van der Waals surface area contributed by atoms with Crippen molar-refractivity contribution in [3.63, 3.8) is 0 Å². The number of isocyanates is 1. The zero-order valence-electron chi connectivity index (χ0n) is 9.23. The van der Waals surface area contributed by atoms with Gasteiger partial charge < -0.3 is 0 Å². The van der Waals surface area contributed by atoms with E-state index in [2.05, 4.69) is 4.99 Å². The molecule has 0 aromatic rings. The Balaban J connectivity index is 3.02. The van der Waals surface area contributed by atoms with Crippen molar-refractivity contribution >= 4 is 16.1 Å². The van der Waals surface area contributed by atoms with Gasteiger partial charge in [0.05, 0.1) is 4.75 Å². The Kier molecular flexibility index (Phi) is 3.33. The molecule has 6 heteroatoms. The van der Waals surface area contributed by atoms with E-state index in [1.807, 2.05) is 0 Å². The summed E-state index contributed by atoms with van der Waals surface area (Å²) < 4.78 is 24.6. The van der Waals surface area contributed by atoms with Crippen LogP contribution in [0, 0.1) is 0 Å². The van der Waals surface area contributed by atoms with Crippen LogP contribution in [0.3, 0.4) is 0 Å². The lowest BCUT2D eigenvalue weighted by Crippen LogP contribution is -2.44. The molecule has 1 fully saturated rings. The van der Waals surface area contributed by atoms with Crippen LogP contribution in [0.25, 0.3) is 0 Å². The number of nitrogens with zero attached hydrogens (tertiary/aromatic N) is 2. The second-order valence-electron chi connectivity index (χ2n) is 4.57. The molecule has 0 bridgehead atoms. The third kappa shape index (κ3) is 2.27.